The Morgan fingerprint density at radius 2 is 2.00 bits per heavy atom. The Hall–Kier alpha value is -3.15. The fraction of sp³-hybridized carbons (Fsp3) is 0.0625. The zero-order chi connectivity index (χ0) is 15.7. The standard InChI is InChI=1S/C16H13N3O3/c1-10-14(9-12-3-2-8-17-12)15(20)19(18-10)13-6-4-11(5-7-13)16(21)22/h2-9,17H,1H3,(H,21,22)/b14-9-. The summed E-state index contributed by atoms with van der Waals surface area (Å²) in [7, 11) is 0. The minimum absolute atomic E-state index is 0.165. The van der Waals surface area contributed by atoms with Crippen molar-refractivity contribution in [3.05, 3.63) is 59.4 Å². The topological polar surface area (TPSA) is 85.8 Å². The van der Waals surface area contributed by atoms with E-state index in [9.17, 15) is 9.59 Å². The summed E-state index contributed by atoms with van der Waals surface area (Å²) in [4.78, 5) is 26.3. The molecule has 2 heterocycles. The first-order chi connectivity index (χ1) is 10.6. The van der Waals surface area contributed by atoms with Gasteiger partial charge in [-0.3, -0.25) is 4.79 Å². The number of aromatic amines is 1. The maximum Gasteiger partial charge on any atom is 0.335 e. The molecule has 110 valence electrons. The number of amides is 1. The minimum Gasteiger partial charge on any atom is -0.478 e. The number of carbonyl (C=O) groups is 2. The number of benzene rings is 1. The summed E-state index contributed by atoms with van der Waals surface area (Å²) in [6, 6.07) is 9.73. The Morgan fingerprint density at radius 3 is 2.59 bits per heavy atom. The molecule has 1 aliphatic rings. The SMILES string of the molecule is CC1=NN(c2ccc(C(=O)O)cc2)C(=O)/C1=C\c1ccc[nH]1. The first kappa shape index (κ1) is 13.8. The minimum atomic E-state index is -1.01. The normalized spacial score (nSPS) is 16.2. The van der Waals surface area contributed by atoms with Gasteiger partial charge in [-0.25, -0.2) is 4.79 Å². The third-order valence-corrected chi connectivity index (χ3v) is 3.34. The molecule has 0 aliphatic carbocycles. The summed E-state index contributed by atoms with van der Waals surface area (Å²) in [5.74, 6) is -1.25. The largest absolute Gasteiger partial charge is 0.478 e. The van der Waals surface area contributed by atoms with Gasteiger partial charge in [0.15, 0.2) is 0 Å². The van der Waals surface area contributed by atoms with E-state index in [-0.39, 0.29) is 11.5 Å². The van der Waals surface area contributed by atoms with Crippen LogP contribution >= 0.6 is 0 Å². The molecule has 0 radical (unpaired) electrons. The van der Waals surface area contributed by atoms with Crippen LogP contribution in [0.15, 0.2) is 53.3 Å². The lowest BCUT2D eigenvalue weighted by molar-refractivity contribution is -0.114. The molecule has 0 fully saturated rings. The fourth-order valence-electron chi connectivity index (χ4n) is 2.19. The monoisotopic (exact) mass is 295 g/mol. The van der Waals surface area contributed by atoms with Gasteiger partial charge in [0.25, 0.3) is 5.91 Å². The highest BCUT2D eigenvalue weighted by Gasteiger charge is 2.28. The Labute approximate surface area is 126 Å². The number of hydrazone groups is 1. The number of nitrogens with one attached hydrogen (secondary N) is 1. The van der Waals surface area contributed by atoms with Crippen LogP contribution in [0.4, 0.5) is 5.69 Å². The summed E-state index contributed by atoms with van der Waals surface area (Å²) < 4.78 is 0. The van der Waals surface area contributed by atoms with Gasteiger partial charge in [-0.05, 0) is 49.4 Å². The van der Waals surface area contributed by atoms with Crippen LogP contribution in [0, 0.1) is 0 Å². The van der Waals surface area contributed by atoms with Crippen molar-refractivity contribution in [1.82, 2.24) is 4.98 Å². The second-order valence-electron chi connectivity index (χ2n) is 4.84. The van der Waals surface area contributed by atoms with E-state index in [1.807, 2.05) is 12.1 Å². The first-order valence-corrected chi connectivity index (χ1v) is 6.65. The molecule has 3 rings (SSSR count). The molecule has 2 N–H and O–H groups in total. The third kappa shape index (κ3) is 2.42. The predicted molar refractivity (Wildman–Crippen MR) is 82.8 cm³/mol. The van der Waals surface area contributed by atoms with Gasteiger partial charge in [0, 0.05) is 11.9 Å². The highest BCUT2D eigenvalue weighted by Crippen LogP contribution is 2.25. The summed E-state index contributed by atoms with van der Waals surface area (Å²) in [6.45, 7) is 1.76. The molecule has 1 aromatic carbocycles. The van der Waals surface area contributed by atoms with Crippen LogP contribution in [0.5, 0.6) is 0 Å². The number of anilines is 1. The summed E-state index contributed by atoms with van der Waals surface area (Å²) in [5.41, 5.74) is 2.63. The highest BCUT2D eigenvalue weighted by molar-refractivity contribution is 6.32. The molecular formula is C16H13N3O3. The van der Waals surface area contributed by atoms with E-state index < -0.39 is 5.97 Å². The van der Waals surface area contributed by atoms with Crippen LogP contribution in [0.1, 0.15) is 23.0 Å². The quantitative estimate of drug-likeness (QED) is 0.853. The molecule has 0 atom stereocenters. The third-order valence-electron chi connectivity index (χ3n) is 3.34. The Morgan fingerprint density at radius 1 is 1.27 bits per heavy atom. The van der Waals surface area contributed by atoms with Crippen LogP contribution in [0.25, 0.3) is 6.08 Å². The van der Waals surface area contributed by atoms with Gasteiger partial charge in [0.05, 0.1) is 22.5 Å². The van der Waals surface area contributed by atoms with Crippen molar-refractivity contribution in [3.8, 4) is 0 Å². The average Bonchev–Trinajstić information content (AvgIpc) is 3.11. The van der Waals surface area contributed by atoms with E-state index in [2.05, 4.69) is 10.1 Å². The molecule has 1 aromatic heterocycles. The van der Waals surface area contributed by atoms with Crippen molar-refractivity contribution < 1.29 is 14.7 Å². The number of H-pyrrole nitrogens is 1. The Bertz CT molecular complexity index is 787. The molecule has 6 nitrogen and oxygen atoms in total. The van der Waals surface area contributed by atoms with E-state index >= 15 is 0 Å². The lowest BCUT2D eigenvalue weighted by Gasteiger charge is -2.11. The molecule has 6 heteroatoms. The molecule has 0 spiro atoms. The van der Waals surface area contributed by atoms with Crippen molar-refractivity contribution in [2.75, 3.05) is 5.01 Å². The van der Waals surface area contributed by atoms with Crippen molar-refractivity contribution in [2.24, 2.45) is 5.10 Å². The molecule has 1 aliphatic heterocycles. The van der Waals surface area contributed by atoms with Crippen LogP contribution in [-0.2, 0) is 4.79 Å². The number of carboxylic acid groups (broad SMARTS) is 1. The number of hydrogen-bond donors (Lipinski definition) is 2. The molecule has 0 bridgehead atoms. The maximum absolute atomic E-state index is 12.5. The van der Waals surface area contributed by atoms with Gasteiger partial charge < -0.3 is 10.1 Å². The summed E-state index contributed by atoms with van der Waals surface area (Å²) in [5, 5.41) is 14.4. The second kappa shape index (κ2) is 5.33. The zero-order valence-corrected chi connectivity index (χ0v) is 11.8. The van der Waals surface area contributed by atoms with E-state index in [0.717, 1.165) is 5.69 Å². The second-order valence-corrected chi connectivity index (χ2v) is 4.84. The number of hydrogen-bond acceptors (Lipinski definition) is 3. The lowest BCUT2D eigenvalue weighted by Crippen LogP contribution is -2.21. The van der Waals surface area contributed by atoms with Crippen LogP contribution in [0.3, 0.4) is 0 Å². The first-order valence-electron chi connectivity index (χ1n) is 6.65. The van der Waals surface area contributed by atoms with E-state index in [4.69, 9.17) is 5.11 Å². The molecular weight excluding hydrogens is 282 g/mol. The van der Waals surface area contributed by atoms with Crippen molar-refractivity contribution >= 4 is 29.4 Å². The predicted octanol–water partition coefficient (Wildman–Crippen LogP) is 2.52. The van der Waals surface area contributed by atoms with Crippen molar-refractivity contribution in [3.63, 3.8) is 0 Å². The molecule has 1 amide bonds. The van der Waals surface area contributed by atoms with Gasteiger partial charge in [0.1, 0.15) is 0 Å². The van der Waals surface area contributed by atoms with Crippen LogP contribution in [-0.4, -0.2) is 27.7 Å². The Kier molecular flexibility index (Phi) is 3.34. The van der Waals surface area contributed by atoms with E-state index in [1.165, 1.54) is 17.1 Å². The van der Waals surface area contributed by atoms with Gasteiger partial charge in [-0.2, -0.15) is 10.1 Å². The number of aromatic nitrogens is 1. The molecule has 0 saturated carbocycles. The van der Waals surface area contributed by atoms with Crippen molar-refractivity contribution in [1.29, 1.82) is 0 Å². The van der Waals surface area contributed by atoms with Crippen LogP contribution < -0.4 is 5.01 Å². The lowest BCUT2D eigenvalue weighted by atomic mass is 10.1. The number of aromatic carboxylic acids is 1. The average molecular weight is 295 g/mol. The number of rotatable bonds is 3. The van der Waals surface area contributed by atoms with Gasteiger partial charge >= 0.3 is 5.97 Å². The van der Waals surface area contributed by atoms with E-state index in [1.54, 1.807) is 31.3 Å². The van der Waals surface area contributed by atoms with E-state index in [0.29, 0.717) is 17.0 Å². The van der Waals surface area contributed by atoms with Crippen molar-refractivity contribution in [2.45, 2.75) is 6.92 Å². The molecule has 22 heavy (non-hydrogen) atoms. The molecule has 0 saturated heterocycles. The zero-order valence-electron chi connectivity index (χ0n) is 11.8. The fourth-order valence-corrected chi connectivity index (χ4v) is 2.19. The molecule has 0 unspecified atom stereocenters. The van der Waals surface area contributed by atoms with Gasteiger partial charge in [-0.15, -0.1) is 0 Å². The summed E-state index contributed by atoms with van der Waals surface area (Å²) in [6.07, 6.45) is 3.52. The number of carboxylic acids is 1. The molecule has 2 aromatic rings. The maximum atomic E-state index is 12.5. The highest BCUT2D eigenvalue weighted by atomic mass is 16.4. The summed E-state index contributed by atoms with van der Waals surface area (Å²) >= 11 is 0. The smallest absolute Gasteiger partial charge is 0.335 e. The van der Waals surface area contributed by atoms with Gasteiger partial charge in [0.2, 0.25) is 0 Å². The van der Waals surface area contributed by atoms with Crippen LogP contribution in [0.2, 0.25) is 0 Å². The Balaban J connectivity index is 1.91. The number of carbonyl (C=O) groups excluding carboxylic acids is 1. The van der Waals surface area contributed by atoms with Gasteiger partial charge in [-0.1, -0.05) is 0 Å². The number of nitrogens with zero attached hydrogens (tertiary/aromatic N) is 2.